The van der Waals surface area contributed by atoms with Gasteiger partial charge in [0.1, 0.15) is 22.3 Å². The molecule has 0 fully saturated rings. The van der Waals surface area contributed by atoms with Crippen molar-refractivity contribution in [1.82, 2.24) is 0 Å². The van der Waals surface area contributed by atoms with Crippen molar-refractivity contribution in [2.45, 2.75) is 0 Å². The number of anilines is 3. The topological polar surface area (TPSA) is 29.5 Å². The molecule has 0 bridgehead atoms. The first-order valence-electron chi connectivity index (χ1n) is 20.7. The van der Waals surface area contributed by atoms with Gasteiger partial charge in [-0.2, -0.15) is 0 Å². The van der Waals surface area contributed by atoms with Gasteiger partial charge < -0.3 is 13.7 Å². The number of nitrogens with zero attached hydrogens (tertiary/aromatic N) is 1. The van der Waals surface area contributed by atoms with E-state index in [1.807, 2.05) is 12.1 Å². The number of hydrogen-bond acceptors (Lipinski definition) is 3. The Hall–Kier alpha value is -8.14. The Balaban J connectivity index is 1.04. The van der Waals surface area contributed by atoms with Gasteiger partial charge in [0.25, 0.3) is 0 Å². The second-order valence-corrected chi connectivity index (χ2v) is 15.6. The minimum Gasteiger partial charge on any atom is -0.455 e. The number of rotatable bonds is 7. The molecule has 61 heavy (non-hydrogen) atoms. The molecular weight excluding hydrogens is 743 g/mol. The maximum absolute atomic E-state index is 7.01. The zero-order chi connectivity index (χ0) is 40.3. The Kier molecular flexibility index (Phi) is 8.17. The van der Waals surface area contributed by atoms with Gasteiger partial charge in [0, 0.05) is 38.7 Å². The van der Waals surface area contributed by atoms with Gasteiger partial charge in [0.15, 0.2) is 0 Å². The van der Waals surface area contributed by atoms with Gasteiger partial charge in [-0.15, -0.1) is 0 Å². The molecule has 0 N–H and O–H groups in total. The van der Waals surface area contributed by atoms with Crippen LogP contribution in [0.4, 0.5) is 17.1 Å². The summed E-state index contributed by atoms with van der Waals surface area (Å²) in [4.78, 5) is 2.36. The Bertz CT molecular complexity index is 3550. The van der Waals surface area contributed by atoms with Crippen LogP contribution in [0, 0.1) is 0 Å². The average Bonchev–Trinajstić information content (AvgIpc) is 3.91. The molecule has 2 aromatic heterocycles. The van der Waals surface area contributed by atoms with Crippen molar-refractivity contribution in [2.24, 2.45) is 0 Å². The summed E-state index contributed by atoms with van der Waals surface area (Å²) >= 11 is 0. The molecule has 0 saturated heterocycles. The first-order valence-corrected chi connectivity index (χ1v) is 20.7. The van der Waals surface area contributed by atoms with E-state index in [1.54, 1.807) is 0 Å². The van der Waals surface area contributed by atoms with E-state index in [4.69, 9.17) is 8.83 Å². The number of hydrogen-bond donors (Lipinski definition) is 0. The molecule has 10 aromatic carbocycles. The Labute approximate surface area is 353 Å². The second kappa shape index (κ2) is 14.3. The highest BCUT2D eigenvalue weighted by Crippen LogP contribution is 2.48. The molecule has 12 rings (SSSR count). The Morgan fingerprint density at radius 1 is 0.311 bits per heavy atom. The Morgan fingerprint density at radius 2 is 0.820 bits per heavy atom. The summed E-state index contributed by atoms with van der Waals surface area (Å²) in [6, 6.07) is 79.7. The molecule has 0 aliphatic carbocycles. The first-order chi connectivity index (χ1) is 30.2. The summed E-state index contributed by atoms with van der Waals surface area (Å²) in [6.07, 6.45) is 0. The van der Waals surface area contributed by atoms with E-state index >= 15 is 0 Å². The van der Waals surface area contributed by atoms with Gasteiger partial charge in [-0.3, -0.25) is 0 Å². The SMILES string of the molecule is c1ccc(-c2ccc(-c3c4ccccc4cc4c3oc3cccc(N(c5ccc(-c6ccccc6)cc5)c5ccc(-c6cccc7c6oc6ccccc67)cc5)c34)cc2)cc1. The highest BCUT2D eigenvalue weighted by Gasteiger charge is 2.23. The molecule has 0 amide bonds. The largest absolute Gasteiger partial charge is 0.455 e. The lowest BCUT2D eigenvalue weighted by atomic mass is 9.93. The van der Waals surface area contributed by atoms with Crippen molar-refractivity contribution in [3.05, 3.63) is 224 Å². The van der Waals surface area contributed by atoms with Crippen molar-refractivity contribution in [1.29, 1.82) is 0 Å². The molecule has 0 radical (unpaired) electrons. The lowest BCUT2D eigenvalue weighted by Gasteiger charge is -2.26. The normalized spacial score (nSPS) is 11.6. The van der Waals surface area contributed by atoms with Gasteiger partial charge in [-0.05, 0) is 92.7 Å². The van der Waals surface area contributed by atoms with Crippen molar-refractivity contribution < 1.29 is 8.83 Å². The van der Waals surface area contributed by atoms with Gasteiger partial charge in [0.05, 0.1) is 11.1 Å². The highest BCUT2D eigenvalue weighted by atomic mass is 16.3. The summed E-state index contributed by atoms with van der Waals surface area (Å²) in [5.74, 6) is 0. The van der Waals surface area contributed by atoms with Crippen LogP contribution in [0.3, 0.4) is 0 Å². The van der Waals surface area contributed by atoms with Crippen LogP contribution < -0.4 is 4.90 Å². The van der Waals surface area contributed by atoms with Crippen LogP contribution in [0.25, 0.3) is 99.2 Å². The predicted octanol–water partition coefficient (Wildman–Crippen LogP) is 16.8. The van der Waals surface area contributed by atoms with E-state index in [0.29, 0.717) is 0 Å². The van der Waals surface area contributed by atoms with Crippen LogP contribution >= 0.6 is 0 Å². The highest BCUT2D eigenvalue weighted by molar-refractivity contribution is 6.22. The smallest absolute Gasteiger partial charge is 0.143 e. The fourth-order valence-electron chi connectivity index (χ4n) is 9.16. The van der Waals surface area contributed by atoms with Crippen LogP contribution in [0.2, 0.25) is 0 Å². The van der Waals surface area contributed by atoms with Crippen molar-refractivity contribution >= 4 is 71.7 Å². The van der Waals surface area contributed by atoms with Gasteiger partial charge in [0.2, 0.25) is 0 Å². The maximum Gasteiger partial charge on any atom is 0.143 e. The van der Waals surface area contributed by atoms with E-state index < -0.39 is 0 Å². The molecule has 2 heterocycles. The zero-order valence-corrected chi connectivity index (χ0v) is 33.1. The van der Waals surface area contributed by atoms with Crippen LogP contribution in [0.15, 0.2) is 233 Å². The summed E-state index contributed by atoms with van der Waals surface area (Å²) in [7, 11) is 0. The molecule has 12 aromatic rings. The van der Waals surface area contributed by atoms with E-state index in [0.717, 1.165) is 94.0 Å². The number of para-hydroxylation sites is 2. The van der Waals surface area contributed by atoms with E-state index in [9.17, 15) is 0 Å². The third-order valence-electron chi connectivity index (χ3n) is 12.1. The number of benzene rings is 10. The first kappa shape index (κ1) is 34.9. The minimum absolute atomic E-state index is 0.837. The third kappa shape index (κ3) is 5.90. The van der Waals surface area contributed by atoms with Crippen LogP contribution in [-0.2, 0) is 0 Å². The second-order valence-electron chi connectivity index (χ2n) is 15.6. The van der Waals surface area contributed by atoms with Gasteiger partial charge >= 0.3 is 0 Å². The molecule has 0 unspecified atom stereocenters. The number of fused-ring (bicyclic) bond motifs is 7. The quantitative estimate of drug-likeness (QED) is 0.161. The molecule has 3 nitrogen and oxygen atoms in total. The summed E-state index contributed by atoms with van der Waals surface area (Å²) in [6.45, 7) is 0. The molecule has 0 aliphatic rings. The molecule has 0 saturated carbocycles. The van der Waals surface area contributed by atoms with Gasteiger partial charge in [-0.1, -0.05) is 176 Å². The zero-order valence-electron chi connectivity index (χ0n) is 33.1. The summed E-state index contributed by atoms with van der Waals surface area (Å²) in [5.41, 5.74) is 15.7. The van der Waals surface area contributed by atoms with E-state index in [1.165, 1.54) is 22.3 Å². The van der Waals surface area contributed by atoms with Crippen LogP contribution in [0.1, 0.15) is 0 Å². The summed E-state index contributed by atoms with van der Waals surface area (Å²) < 4.78 is 13.5. The van der Waals surface area contributed by atoms with E-state index in [-0.39, 0.29) is 0 Å². The molecule has 3 heteroatoms. The summed E-state index contributed by atoms with van der Waals surface area (Å²) in [5, 5.41) is 6.71. The lowest BCUT2D eigenvalue weighted by molar-refractivity contribution is 0.670. The van der Waals surface area contributed by atoms with Gasteiger partial charge in [-0.25, -0.2) is 0 Å². The Morgan fingerprint density at radius 3 is 1.52 bits per heavy atom. The van der Waals surface area contributed by atoms with Crippen LogP contribution in [0.5, 0.6) is 0 Å². The molecule has 286 valence electrons. The van der Waals surface area contributed by atoms with Crippen LogP contribution in [-0.4, -0.2) is 0 Å². The number of furan rings is 2. The fourth-order valence-corrected chi connectivity index (χ4v) is 9.16. The van der Waals surface area contributed by atoms with Crippen molar-refractivity contribution in [3.63, 3.8) is 0 Å². The van der Waals surface area contributed by atoms with Crippen molar-refractivity contribution in [2.75, 3.05) is 4.90 Å². The third-order valence-corrected chi connectivity index (χ3v) is 12.1. The average molecular weight is 780 g/mol. The molecule has 0 atom stereocenters. The standard InChI is InChI=1S/C58H37NO2/c1-3-13-38(14-4-1)40-25-27-43(28-26-40)55-47-18-8-7-17-44(47)37-51-56-52(22-12-24-54(56)61-58(51)55)59(45-33-29-41(30-34-45)39-15-5-2-6-16-39)46-35-31-42(32-36-46)48-20-11-21-50-49-19-9-10-23-53(49)60-57(48)50/h1-37H. The monoisotopic (exact) mass is 779 g/mol. The molecular formula is C58H37NO2. The minimum atomic E-state index is 0.837. The fraction of sp³-hybridized carbons (Fsp3) is 0. The molecule has 0 aliphatic heterocycles. The van der Waals surface area contributed by atoms with Crippen molar-refractivity contribution in [3.8, 4) is 44.5 Å². The maximum atomic E-state index is 7.01. The lowest BCUT2D eigenvalue weighted by Crippen LogP contribution is -2.10. The van der Waals surface area contributed by atoms with E-state index in [2.05, 4.69) is 217 Å². The predicted molar refractivity (Wildman–Crippen MR) is 255 cm³/mol. The molecule has 0 spiro atoms.